The molecule has 3 atom stereocenters. The molecular formula is C16H26N2. The zero-order valence-corrected chi connectivity index (χ0v) is 12.1. The Labute approximate surface area is 111 Å². The molecule has 0 aromatic heterocycles. The smallest absolute Gasteiger partial charge is 0.0368 e. The van der Waals surface area contributed by atoms with E-state index in [0.717, 1.165) is 5.92 Å². The van der Waals surface area contributed by atoms with Gasteiger partial charge in [0.2, 0.25) is 0 Å². The minimum absolute atomic E-state index is 0.428. The third kappa shape index (κ3) is 2.69. The quantitative estimate of drug-likeness (QED) is 0.876. The topological polar surface area (TPSA) is 15.3 Å². The molecule has 0 spiro atoms. The zero-order valence-electron chi connectivity index (χ0n) is 12.1. The van der Waals surface area contributed by atoms with Gasteiger partial charge in [-0.3, -0.25) is 0 Å². The number of hydrogen-bond donors (Lipinski definition) is 1. The van der Waals surface area contributed by atoms with Gasteiger partial charge in [-0.2, -0.15) is 0 Å². The average Bonchev–Trinajstić information content (AvgIpc) is 2.41. The maximum absolute atomic E-state index is 3.28. The van der Waals surface area contributed by atoms with Gasteiger partial charge in [0.1, 0.15) is 0 Å². The van der Waals surface area contributed by atoms with Gasteiger partial charge in [-0.1, -0.05) is 19.1 Å². The van der Waals surface area contributed by atoms with Crippen LogP contribution in [0.5, 0.6) is 0 Å². The highest BCUT2D eigenvalue weighted by Crippen LogP contribution is 2.29. The van der Waals surface area contributed by atoms with Crippen molar-refractivity contribution >= 4 is 5.69 Å². The lowest BCUT2D eigenvalue weighted by atomic mass is 9.91. The predicted octanol–water partition coefficient (Wildman–Crippen LogP) is 3.59. The summed E-state index contributed by atoms with van der Waals surface area (Å²) in [5.74, 6) is 0.801. The maximum atomic E-state index is 3.28. The average molecular weight is 246 g/mol. The van der Waals surface area contributed by atoms with E-state index in [4.69, 9.17) is 0 Å². The highest BCUT2D eigenvalue weighted by molar-refractivity contribution is 5.49. The number of rotatable bonds is 3. The SMILES string of the molecule is CNC(C)c1ccc(N2CCCC(C)C2C)cc1. The van der Waals surface area contributed by atoms with Crippen molar-refractivity contribution in [3.8, 4) is 0 Å². The molecule has 1 saturated heterocycles. The number of piperidine rings is 1. The second-order valence-corrected chi connectivity index (χ2v) is 5.66. The molecule has 100 valence electrons. The summed E-state index contributed by atoms with van der Waals surface area (Å²) in [6.45, 7) is 8.12. The first-order valence-electron chi connectivity index (χ1n) is 7.17. The number of benzene rings is 1. The predicted molar refractivity (Wildman–Crippen MR) is 79.1 cm³/mol. The summed E-state index contributed by atoms with van der Waals surface area (Å²) in [4.78, 5) is 2.56. The van der Waals surface area contributed by atoms with Crippen molar-refractivity contribution in [3.63, 3.8) is 0 Å². The highest BCUT2D eigenvalue weighted by atomic mass is 15.2. The van der Waals surface area contributed by atoms with Crippen molar-refractivity contribution in [3.05, 3.63) is 29.8 Å². The van der Waals surface area contributed by atoms with E-state index in [2.05, 4.69) is 55.3 Å². The summed E-state index contributed by atoms with van der Waals surface area (Å²) in [5.41, 5.74) is 2.74. The van der Waals surface area contributed by atoms with Crippen LogP contribution in [-0.2, 0) is 0 Å². The number of nitrogens with zero attached hydrogens (tertiary/aromatic N) is 1. The Morgan fingerprint density at radius 3 is 2.50 bits per heavy atom. The normalized spacial score (nSPS) is 26.1. The summed E-state index contributed by atoms with van der Waals surface area (Å²) < 4.78 is 0. The molecule has 1 aromatic rings. The minimum Gasteiger partial charge on any atom is -0.369 e. The molecule has 2 rings (SSSR count). The first kappa shape index (κ1) is 13.4. The summed E-state index contributed by atoms with van der Waals surface area (Å²) in [6.07, 6.45) is 2.69. The Morgan fingerprint density at radius 2 is 1.89 bits per heavy atom. The Hall–Kier alpha value is -1.02. The largest absolute Gasteiger partial charge is 0.369 e. The fourth-order valence-corrected chi connectivity index (χ4v) is 2.82. The van der Waals surface area contributed by atoms with Crippen LogP contribution in [0.15, 0.2) is 24.3 Å². The van der Waals surface area contributed by atoms with Crippen molar-refractivity contribution in [1.82, 2.24) is 5.32 Å². The third-order valence-corrected chi connectivity index (χ3v) is 4.53. The number of nitrogens with one attached hydrogen (secondary N) is 1. The molecule has 18 heavy (non-hydrogen) atoms. The van der Waals surface area contributed by atoms with Crippen LogP contribution in [0.4, 0.5) is 5.69 Å². The lowest BCUT2D eigenvalue weighted by Gasteiger charge is -2.39. The van der Waals surface area contributed by atoms with E-state index < -0.39 is 0 Å². The zero-order chi connectivity index (χ0) is 13.1. The van der Waals surface area contributed by atoms with Crippen LogP contribution in [0.25, 0.3) is 0 Å². The molecule has 1 heterocycles. The monoisotopic (exact) mass is 246 g/mol. The van der Waals surface area contributed by atoms with Crippen LogP contribution in [0, 0.1) is 5.92 Å². The van der Waals surface area contributed by atoms with Gasteiger partial charge in [0.05, 0.1) is 0 Å². The van der Waals surface area contributed by atoms with Gasteiger partial charge >= 0.3 is 0 Å². The second-order valence-electron chi connectivity index (χ2n) is 5.66. The molecule has 1 fully saturated rings. The molecule has 2 heteroatoms. The Bertz CT molecular complexity index is 371. The first-order chi connectivity index (χ1) is 8.63. The molecule has 0 amide bonds. The van der Waals surface area contributed by atoms with Gasteiger partial charge < -0.3 is 10.2 Å². The molecule has 0 bridgehead atoms. The molecule has 0 aliphatic carbocycles. The fourth-order valence-electron chi connectivity index (χ4n) is 2.82. The van der Waals surface area contributed by atoms with Crippen LogP contribution in [-0.4, -0.2) is 19.6 Å². The first-order valence-corrected chi connectivity index (χ1v) is 7.17. The summed E-state index contributed by atoms with van der Waals surface area (Å²) in [5, 5.41) is 3.28. The summed E-state index contributed by atoms with van der Waals surface area (Å²) >= 11 is 0. The van der Waals surface area contributed by atoms with Crippen molar-refractivity contribution in [2.45, 2.75) is 45.7 Å². The summed E-state index contributed by atoms with van der Waals surface area (Å²) in [7, 11) is 2.01. The van der Waals surface area contributed by atoms with Crippen LogP contribution < -0.4 is 10.2 Å². The molecule has 0 saturated carbocycles. The molecule has 1 aliphatic heterocycles. The second kappa shape index (κ2) is 5.75. The Morgan fingerprint density at radius 1 is 1.22 bits per heavy atom. The standard InChI is InChI=1S/C16H26N2/c1-12-6-5-11-18(14(12)3)16-9-7-15(8-10-16)13(2)17-4/h7-10,12-14,17H,5-6,11H2,1-4H3. The van der Waals surface area contributed by atoms with E-state index >= 15 is 0 Å². The maximum Gasteiger partial charge on any atom is 0.0368 e. The van der Waals surface area contributed by atoms with Crippen LogP contribution in [0.2, 0.25) is 0 Å². The van der Waals surface area contributed by atoms with Gasteiger partial charge in [-0.25, -0.2) is 0 Å². The minimum atomic E-state index is 0.428. The lowest BCUT2D eigenvalue weighted by Crippen LogP contribution is -2.42. The third-order valence-electron chi connectivity index (χ3n) is 4.53. The van der Waals surface area contributed by atoms with E-state index in [1.807, 2.05) is 7.05 Å². The molecule has 1 aliphatic rings. The molecule has 2 nitrogen and oxygen atoms in total. The van der Waals surface area contributed by atoms with Crippen molar-refractivity contribution in [2.75, 3.05) is 18.5 Å². The van der Waals surface area contributed by atoms with Crippen molar-refractivity contribution in [1.29, 1.82) is 0 Å². The Kier molecular flexibility index (Phi) is 4.28. The fraction of sp³-hybridized carbons (Fsp3) is 0.625. The molecule has 3 unspecified atom stereocenters. The van der Waals surface area contributed by atoms with E-state index in [0.29, 0.717) is 12.1 Å². The van der Waals surface area contributed by atoms with Crippen LogP contribution >= 0.6 is 0 Å². The molecule has 1 N–H and O–H groups in total. The van der Waals surface area contributed by atoms with Gasteiger partial charge in [0, 0.05) is 24.3 Å². The van der Waals surface area contributed by atoms with Gasteiger partial charge in [0.25, 0.3) is 0 Å². The van der Waals surface area contributed by atoms with E-state index in [1.165, 1.54) is 30.6 Å². The molecule has 0 radical (unpaired) electrons. The van der Waals surface area contributed by atoms with Gasteiger partial charge in [-0.15, -0.1) is 0 Å². The van der Waals surface area contributed by atoms with E-state index in [9.17, 15) is 0 Å². The van der Waals surface area contributed by atoms with Gasteiger partial charge in [-0.05, 0) is 57.4 Å². The lowest BCUT2D eigenvalue weighted by molar-refractivity contribution is 0.363. The van der Waals surface area contributed by atoms with Crippen LogP contribution in [0.1, 0.15) is 45.2 Å². The summed E-state index contributed by atoms with van der Waals surface area (Å²) in [6, 6.07) is 10.1. The van der Waals surface area contributed by atoms with E-state index in [1.54, 1.807) is 0 Å². The highest BCUT2D eigenvalue weighted by Gasteiger charge is 2.24. The van der Waals surface area contributed by atoms with Crippen molar-refractivity contribution < 1.29 is 0 Å². The van der Waals surface area contributed by atoms with E-state index in [-0.39, 0.29) is 0 Å². The Balaban J connectivity index is 2.13. The van der Waals surface area contributed by atoms with Gasteiger partial charge in [0.15, 0.2) is 0 Å². The van der Waals surface area contributed by atoms with Crippen LogP contribution in [0.3, 0.4) is 0 Å². The number of anilines is 1. The molecular weight excluding hydrogens is 220 g/mol. The van der Waals surface area contributed by atoms with Crippen molar-refractivity contribution in [2.24, 2.45) is 5.92 Å². The number of hydrogen-bond acceptors (Lipinski definition) is 2. The molecule has 1 aromatic carbocycles.